The first-order valence-electron chi connectivity index (χ1n) is 17.0. The van der Waals surface area contributed by atoms with E-state index in [9.17, 15) is 29.4 Å². The molecule has 0 spiro atoms. The fourth-order valence-electron chi connectivity index (χ4n) is 6.31. The SMILES string of the molecule is CC(C)C[C@H]1NC(=O)c2ccccc2OCc2noc(n2)CCCCCCCCNC(=O)C([C@@H](C)O)N(C)C(=O)[C@H]2C[C@H](O)CN2C1=O. The molecule has 0 saturated carbocycles. The summed E-state index contributed by atoms with van der Waals surface area (Å²) in [5.41, 5.74) is 0.198. The first-order valence-corrected chi connectivity index (χ1v) is 17.0. The number of aliphatic hydroxyl groups excluding tert-OH is 2. The molecule has 48 heavy (non-hydrogen) atoms. The molecule has 1 saturated heterocycles. The van der Waals surface area contributed by atoms with Crippen molar-refractivity contribution in [2.75, 3.05) is 20.1 Å². The van der Waals surface area contributed by atoms with E-state index >= 15 is 0 Å². The number of carbonyl (C=O) groups is 4. The zero-order valence-corrected chi connectivity index (χ0v) is 28.4. The van der Waals surface area contributed by atoms with Gasteiger partial charge in [-0.05, 0) is 44.2 Å². The summed E-state index contributed by atoms with van der Waals surface area (Å²) in [6, 6.07) is 3.32. The number of amides is 4. The lowest BCUT2D eigenvalue weighted by Crippen LogP contribution is -2.59. The number of nitrogens with one attached hydrogen (secondary N) is 2. The van der Waals surface area contributed by atoms with Crippen molar-refractivity contribution < 1.29 is 38.7 Å². The molecule has 2 aliphatic heterocycles. The minimum absolute atomic E-state index is 0.00816. The molecule has 2 aliphatic rings. The van der Waals surface area contributed by atoms with Crippen molar-refractivity contribution in [1.29, 1.82) is 0 Å². The maximum Gasteiger partial charge on any atom is 0.255 e. The van der Waals surface area contributed by atoms with Crippen LogP contribution in [0.5, 0.6) is 5.75 Å². The Morgan fingerprint density at radius 1 is 1.00 bits per heavy atom. The number of nitrogens with zero attached hydrogens (tertiary/aromatic N) is 4. The van der Waals surface area contributed by atoms with Gasteiger partial charge in [-0.25, -0.2) is 0 Å². The zero-order valence-electron chi connectivity index (χ0n) is 28.4. The lowest BCUT2D eigenvalue weighted by molar-refractivity contribution is -0.150. The number of benzene rings is 1. The van der Waals surface area contributed by atoms with Gasteiger partial charge >= 0.3 is 0 Å². The van der Waals surface area contributed by atoms with E-state index in [1.165, 1.54) is 18.9 Å². The summed E-state index contributed by atoms with van der Waals surface area (Å²) in [6.45, 7) is 5.51. The van der Waals surface area contributed by atoms with Gasteiger partial charge in [-0.1, -0.05) is 56.8 Å². The van der Waals surface area contributed by atoms with Crippen LogP contribution in [0.2, 0.25) is 0 Å². The van der Waals surface area contributed by atoms with E-state index in [0.717, 1.165) is 43.4 Å². The van der Waals surface area contributed by atoms with Crippen LogP contribution in [0.15, 0.2) is 28.8 Å². The molecule has 0 radical (unpaired) electrons. The summed E-state index contributed by atoms with van der Waals surface area (Å²) in [5.74, 6) is -1.03. The van der Waals surface area contributed by atoms with Crippen LogP contribution in [0.1, 0.15) is 94.2 Å². The number of aryl methyl sites for hydroxylation is 1. The largest absolute Gasteiger partial charge is 0.485 e. The summed E-state index contributed by atoms with van der Waals surface area (Å²) in [6.07, 6.45) is 4.18. The summed E-state index contributed by atoms with van der Waals surface area (Å²) in [4.78, 5) is 61.6. The Morgan fingerprint density at radius 3 is 2.44 bits per heavy atom. The smallest absolute Gasteiger partial charge is 0.255 e. The van der Waals surface area contributed by atoms with E-state index in [4.69, 9.17) is 9.26 Å². The second-order valence-corrected chi connectivity index (χ2v) is 13.2. The maximum absolute atomic E-state index is 14.1. The minimum Gasteiger partial charge on any atom is -0.485 e. The van der Waals surface area contributed by atoms with Crippen molar-refractivity contribution >= 4 is 23.6 Å². The van der Waals surface area contributed by atoms with Gasteiger partial charge < -0.3 is 39.9 Å². The molecule has 4 amide bonds. The average Bonchev–Trinajstić information content (AvgIpc) is 3.67. The number of para-hydroxylation sites is 1. The topological polar surface area (TPSA) is 187 Å². The molecule has 0 aliphatic carbocycles. The normalized spacial score (nSPS) is 25.1. The van der Waals surface area contributed by atoms with Gasteiger partial charge in [-0.15, -0.1) is 0 Å². The minimum atomic E-state index is -1.20. The Balaban J connectivity index is 1.60. The number of carbonyl (C=O) groups excluding carboxylic acids is 4. The highest BCUT2D eigenvalue weighted by molar-refractivity contribution is 6.00. The lowest BCUT2D eigenvalue weighted by Gasteiger charge is -2.35. The van der Waals surface area contributed by atoms with Gasteiger partial charge in [0, 0.05) is 33.0 Å². The molecule has 1 fully saturated rings. The molecule has 3 heterocycles. The Bertz CT molecular complexity index is 1400. The number of ether oxygens (including phenoxy) is 1. The number of hydrogen-bond acceptors (Lipinski definition) is 10. The average molecular weight is 671 g/mol. The number of rotatable bonds is 3. The molecule has 4 rings (SSSR count). The Labute approximate surface area is 281 Å². The van der Waals surface area contributed by atoms with Gasteiger partial charge in [0.25, 0.3) is 5.91 Å². The van der Waals surface area contributed by atoms with E-state index in [1.54, 1.807) is 24.3 Å². The molecule has 2 aromatic rings. The summed E-state index contributed by atoms with van der Waals surface area (Å²) in [5, 5.41) is 30.8. The van der Waals surface area contributed by atoms with Gasteiger partial charge in [0.05, 0.1) is 17.8 Å². The third-order valence-electron chi connectivity index (χ3n) is 8.76. The van der Waals surface area contributed by atoms with E-state index in [-0.39, 0.29) is 43.2 Å². The summed E-state index contributed by atoms with van der Waals surface area (Å²) in [7, 11) is 1.42. The molecule has 1 aromatic heterocycles. The third kappa shape index (κ3) is 9.75. The Morgan fingerprint density at radius 2 is 1.71 bits per heavy atom. The van der Waals surface area contributed by atoms with E-state index < -0.39 is 54.0 Å². The van der Waals surface area contributed by atoms with Gasteiger partial charge in [-0.3, -0.25) is 19.2 Å². The molecule has 2 bridgehead atoms. The molecular weight excluding hydrogens is 620 g/mol. The van der Waals surface area contributed by atoms with Gasteiger partial charge in [0.15, 0.2) is 6.61 Å². The predicted molar refractivity (Wildman–Crippen MR) is 175 cm³/mol. The second kappa shape index (κ2) is 17.4. The fraction of sp³-hybridized carbons (Fsp3) is 0.647. The second-order valence-electron chi connectivity index (χ2n) is 13.2. The Kier molecular flexibility index (Phi) is 13.3. The van der Waals surface area contributed by atoms with Crippen molar-refractivity contribution in [3.05, 3.63) is 41.5 Å². The molecule has 1 unspecified atom stereocenters. The standard InChI is InChI=1S/C34H50N6O8/c1-21(2)17-25-33(45)40-19-23(42)18-26(40)34(46)39(4)30(22(3)41)32(44)35-16-12-8-6-5-7-9-15-29-37-28(38-48-29)20-47-27-14-11-10-13-24(27)31(43)36-25/h10-11,13-14,21-23,25-26,30,41-42H,5-9,12,15-20H2,1-4H3,(H,35,44)(H,36,43)/t22-,23+,25-,26-,30?/m1/s1. The highest BCUT2D eigenvalue weighted by Gasteiger charge is 2.45. The van der Waals surface area contributed by atoms with Crippen LogP contribution in [-0.4, -0.2) is 104 Å². The zero-order chi connectivity index (χ0) is 34.8. The Hall–Kier alpha value is -4.04. The summed E-state index contributed by atoms with van der Waals surface area (Å²) < 4.78 is 11.3. The molecule has 14 heteroatoms. The monoisotopic (exact) mass is 670 g/mol. The van der Waals surface area contributed by atoms with Crippen molar-refractivity contribution in [3.63, 3.8) is 0 Å². The predicted octanol–water partition coefficient (Wildman–Crippen LogP) is 1.98. The molecule has 5 atom stereocenters. The van der Waals surface area contributed by atoms with Crippen LogP contribution in [-0.2, 0) is 27.4 Å². The van der Waals surface area contributed by atoms with Crippen LogP contribution in [0, 0.1) is 5.92 Å². The highest BCUT2D eigenvalue weighted by Crippen LogP contribution is 2.25. The van der Waals surface area contributed by atoms with E-state index in [0.29, 0.717) is 24.7 Å². The molecule has 4 N–H and O–H groups in total. The van der Waals surface area contributed by atoms with Gasteiger partial charge in [0.1, 0.15) is 23.9 Å². The first-order chi connectivity index (χ1) is 23.0. The van der Waals surface area contributed by atoms with Crippen molar-refractivity contribution in [3.8, 4) is 5.75 Å². The van der Waals surface area contributed by atoms with Crippen LogP contribution >= 0.6 is 0 Å². The van der Waals surface area contributed by atoms with E-state index in [2.05, 4.69) is 20.8 Å². The fourth-order valence-corrected chi connectivity index (χ4v) is 6.31. The van der Waals surface area contributed by atoms with Crippen LogP contribution in [0.4, 0.5) is 0 Å². The van der Waals surface area contributed by atoms with Gasteiger partial charge in [-0.2, -0.15) is 4.98 Å². The number of aliphatic hydroxyl groups is 2. The maximum atomic E-state index is 14.1. The quantitative estimate of drug-likeness (QED) is 0.376. The molecule has 264 valence electrons. The first kappa shape index (κ1) is 36.8. The van der Waals surface area contributed by atoms with Crippen molar-refractivity contribution in [1.82, 2.24) is 30.6 Å². The van der Waals surface area contributed by atoms with Crippen molar-refractivity contribution in [2.45, 2.75) is 115 Å². The summed E-state index contributed by atoms with van der Waals surface area (Å²) >= 11 is 0. The number of hydrogen-bond donors (Lipinski definition) is 4. The van der Waals surface area contributed by atoms with Crippen LogP contribution < -0.4 is 15.4 Å². The third-order valence-corrected chi connectivity index (χ3v) is 8.76. The molecule has 14 nitrogen and oxygen atoms in total. The number of likely N-dealkylation sites (N-methyl/N-ethyl adjacent to an activating group) is 1. The molecule has 1 aromatic carbocycles. The lowest BCUT2D eigenvalue weighted by atomic mass is 10.0. The van der Waals surface area contributed by atoms with Crippen LogP contribution in [0.3, 0.4) is 0 Å². The number of fused-ring (bicyclic) bond motifs is 4. The number of aromatic nitrogens is 2. The molecular formula is C34H50N6O8. The van der Waals surface area contributed by atoms with Crippen molar-refractivity contribution in [2.24, 2.45) is 5.92 Å². The highest BCUT2D eigenvalue weighted by atomic mass is 16.5. The van der Waals surface area contributed by atoms with Crippen LogP contribution in [0.25, 0.3) is 0 Å². The van der Waals surface area contributed by atoms with E-state index in [1.807, 2.05) is 13.8 Å². The van der Waals surface area contributed by atoms with Gasteiger partial charge in [0.2, 0.25) is 29.4 Å².